The van der Waals surface area contributed by atoms with Gasteiger partial charge in [0.15, 0.2) is 9.84 Å². The third kappa shape index (κ3) is 4.90. The zero-order valence-electron chi connectivity index (χ0n) is 14.8. The Morgan fingerprint density at radius 2 is 1.28 bits per heavy atom. The summed E-state index contributed by atoms with van der Waals surface area (Å²) in [7, 11) is -7.99. The summed E-state index contributed by atoms with van der Waals surface area (Å²) in [5.41, 5.74) is 6.09. The van der Waals surface area contributed by atoms with Crippen LogP contribution in [0.15, 0.2) is 76.5 Å². The predicted molar refractivity (Wildman–Crippen MR) is 105 cm³/mol. The summed E-state index contributed by atoms with van der Waals surface area (Å²) in [4.78, 5) is -0.309. The van der Waals surface area contributed by atoms with Crippen molar-refractivity contribution in [3.63, 3.8) is 0 Å². The van der Waals surface area contributed by atoms with Crippen molar-refractivity contribution in [2.45, 2.75) is 15.5 Å². The molecule has 3 aromatic rings. The predicted octanol–water partition coefficient (Wildman–Crippen LogP) is 3.32. The fourth-order valence-corrected chi connectivity index (χ4v) is 5.05. The highest BCUT2D eigenvalue weighted by atomic mass is 32.2. The van der Waals surface area contributed by atoms with E-state index in [9.17, 15) is 25.6 Å². The van der Waals surface area contributed by atoms with Crippen molar-refractivity contribution in [1.82, 2.24) is 0 Å². The van der Waals surface area contributed by atoms with Crippen LogP contribution in [0.2, 0.25) is 0 Å². The van der Waals surface area contributed by atoms with Gasteiger partial charge in [0.2, 0.25) is 0 Å². The summed E-state index contributed by atoms with van der Waals surface area (Å²) in [6, 6.07) is 12.5. The number of nitrogens with one attached hydrogen (secondary N) is 1. The lowest BCUT2D eigenvalue weighted by Gasteiger charge is -2.14. The number of halogens is 2. The molecule has 0 radical (unpaired) electrons. The second-order valence-electron chi connectivity index (χ2n) is 6.19. The van der Waals surface area contributed by atoms with Crippen LogP contribution in [0.1, 0.15) is 5.56 Å². The number of anilines is 2. The van der Waals surface area contributed by atoms with Crippen LogP contribution in [-0.4, -0.2) is 16.8 Å². The molecule has 152 valence electrons. The molecule has 0 atom stereocenters. The molecule has 0 aromatic heterocycles. The normalized spacial score (nSPS) is 11.9. The zero-order valence-corrected chi connectivity index (χ0v) is 16.5. The van der Waals surface area contributed by atoms with Crippen molar-refractivity contribution < 1.29 is 25.6 Å². The van der Waals surface area contributed by atoms with Crippen molar-refractivity contribution in [3.05, 3.63) is 83.9 Å². The third-order valence-corrected chi connectivity index (χ3v) is 7.08. The minimum atomic E-state index is -4.09. The molecule has 0 bridgehead atoms. The van der Waals surface area contributed by atoms with E-state index in [2.05, 4.69) is 4.72 Å². The van der Waals surface area contributed by atoms with Gasteiger partial charge in [0.25, 0.3) is 10.0 Å². The zero-order chi connectivity index (χ0) is 21.2. The molecule has 0 amide bonds. The molecule has 0 saturated heterocycles. The number of nitrogens with two attached hydrogens (primary N) is 1. The SMILES string of the molecule is Nc1ccc(NS(=O)(=O)c2ccc(F)cc2)c(CS(=O)(=O)c2ccc(F)cc2)c1. The monoisotopic (exact) mass is 438 g/mol. The Kier molecular flexibility index (Phi) is 5.58. The van der Waals surface area contributed by atoms with E-state index in [0.29, 0.717) is 0 Å². The van der Waals surface area contributed by atoms with E-state index in [-0.39, 0.29) is 26.7 Å². The minimum absolute atomic E-state index is 0.00853. The molecule has 0 aliphatic carbocycles. The van der Waals surface area contributed by atoms with E-state index in [0.717, 1.165) is 48.5 Å². The van der Waals surface area contributed by atoms with E-state index in [1.807, 2.05) is 0 Å². The topological polar surface area (TPSA) is 106 Å². The lowest BCUT2D eigenvalue weighted by molar-refractivity contribution is 0.592. The summed E-state index contributed by atoms with van der Waals surface area (Å²) < 4.78 is 78.9. The fraction of sp³-hybridized carbons (Fsp3) is 0.0526. The van der Waals surface area contributed by atoms with Crippen molar-refractivity contribution in [1.29, 1.82) is 0 Å². The van der Waals surface area contributed by atoms with Crippen molar-refractivity contribution in [2.24, 2.45) is 0 Å². The molecule has 0 fully saturated rings. The summed E-state index contributed by atoms with van der Waals surface area (Å²) in [6.45, 7) is 0. The van der Waals surface area contributed by atoms with Crippen LogP contribution in [0.4, 0.5) is 20.2 Å². The Balaban J connectivity index is 1.96. The Labute approximate surface area is 167 Å². The van der Waals surface area contributed by atoms with E-state index in [4.69, 9.17) is 5.73 Å². The smallest absolute Gasteiger partial charge is 0.261 e. The first-order valence-electron chi connectivity index (χ1n) is 8.22. The number of hydrogen-bond acceptors (Lipinski definition) is 5. The first kappa shape index (κ1) is 20.7. The molecule has 3 aromatic carbocycles. The molecule has 3 N–H and O–H groups in total. The molecule has 3 rings (SSSR count). The van der Waals surface area contributed by atoms with E-state index in [1.165, 1.54) is 18.2 Å². The molecule has 0 aliphatic heterocycles. The first-order valence-corrected chi connectivity index (χ1v) is 11.4. The quantitative estimate of drug-likeness (QED) is 0.454. The second-order valence-corrected chi connectivity index (χ2v) is 9.86. The standard InChI is InChI=1S/C19H16F2N2O4S2/c20-14-1-6-17(7-2-14)28(24,25)12-13-11-16(22)5-10-19(13)23-29(26,27)18-8-3-15(21)4-9-18/h1-11,23H,12,22H2. The maximum atomic E-state index is 13.1. The molecular formula is C19H16F2N2O4S2. The van der Waals surface area contributed by atoms with E-state index >= 15 is 0 Å². The number of sulfone groups is 1. The van der Waals surface area contributed by atoms with Crippen LogP contribution < -0.4 is 10.5 Å². The highest BCUT2D eigenvalue weighted by Gasteiger charge is 2.21. The van der Waals surface area contributed by atoms with Crippen LogP contribution in [0.25, 0.3) is 0 Å². The molecule has 6 nitrogen and oxygen atoms in total. The van der Waals surface area contributed by atoms with E-state index < -0.39 is 37.2 Å². The Hall–Kier alpha value is -2.98. The van der Waals surface area contributed by atoms with Crippen LogP contribution in [0.3, 0.4) is 0 Å². The van der Waals surface area contributed by atoms with Gasteiger partial charge < -0.3 is 5.73 Å². The van der Waals surface area contributed by atoms with Gasteiger partial charge in [0.05, 0.1) is 21.2 Å². The molecule has 29 heavy (non-hydrogen) atoms. The fourth-order valence-electron chi connectivity index (χ4n) is 2.58. The number of hydrogen-bond donors (Lipinski definition) is 2. The molecule has 0 unspecified atom stereocenters. The number of nitrogen functional groups attached to an aromatic ring is 1. The van der Waals surface area contributed by atoms with Gasteiger partial charge in [-0.25, -0.2) is 25.6 Å². The van der Waals surface area contributed by atoms with Gasteiger partial charge in [0, 0.05) is 5.69 Å². The molecule has 0 aliphatic rings. The lowest BCUT2D eigenvalue weighted by Crippen LogP contribution is -2.16. The maximum Gasteiger partial charge on any atom is 0.261 e. The van der Waals surface area contributed by atoms with Crippen molar-refractivity contribution in [2.75, 3.05) is 10.5 Å². The van der Waals surface area contributed by atoms with Gasteiger partial charge in [-0.1, -0.05) is 0 Å². The minimum Gasteiger partial charge on any atom is -0.399 e. The molecule has 0 saturated carbocycles. The van der Waals surface area contributed by atoms with Crippen molar-refractivity contribution >= 4 is 31.2 Å². The largest absolute Gasteiger partial charge is 0.399 e. The number of benzene rings is 3. The van der Waals surface area contributed by atoms with Gasteiger partial charge in [-0.2, -0.15) is 0 Å². The van der Waals surface area contributed by atoms with Crippen LogP contribution in [-0.2, 0) is 25.6 Å². The van der Waals surface area contributed by atoms with E-state index in [1.54, 1.807) is 0 Å². The summed E-state index contributed by atoms with van der Waals surface area (Å²) >= 11 is 0. The van der Waals surface area contributed by atoms with Crippen LogP contribution in [0.5, 0.6) is 0 Å². The summed E-state index contributed by atoms with van der Waals surface area (Å²) in [5.74, 6) is -1.74. The molecule has 10 heteroatoms. The highest BCUT2D eigenvalue weighted by Crippen LogP contribution is 2.27. The first-order chi connectivity index (χ1) is 13.6. The van der Waals surface area contributed by atoms with Crippen LogP contribution in [0, 0.1) is 11.6 Å². The van der Waals surface area contributed by atoms with Gasteiger partial charge in [0.1, 0.15) is 11.6 Å². The maximum absolute atomic E-state index is 13.1. The average molecular weight is 438 g/mol. The number of sulfonamides is 1. The third-order valence-electron chi connectivity index (χ3n) is 4.02. The molecule has 0 heterocycles. The van der Waals surface area contributed by atoms with Crippen molar-refractivity contribution in [3.8, 4) is 0 Å². The van der Waals surface area contributed by atoms with Gasteiger partial charge in [-0.15, -0.1) is 0 Å². The Morgan fingerprint density at radius 1 is 0.759 bits per heavy atom. The van der Waals surface area contributed by atoms with Gasteiger partial charge in [-0.05, 0) is 72.3 Å². The summed E-state index contributed by atoms with van der Waals surface area (Å²) in [6.07, 6.45) is 0. The number of rotatable bonds is 6. The summed E-state index contributed by atoms with van der Waals surface area (Å²) in [5, 5.41) is 0. The lowest BCUT2D eigenvalue weighted by atomic mass is 10.2. The molecule has 0 spiro atoms. The Morgan fingerprint density at radius 3 is 1.83 bits per heavy atom. The second kappa shape index (κ2) is 7.80. The molecular weight excluding hydrogens is 422 g/mol. The van der Waals surface area contributed by atoms with Gasteiger partial charge >= 0.3 is 0 Å². The average Bonchev–Trinajstić information content (AvgIpc) is 2.64. The Bertz CT molecular complexity index is 1240. The van der Waals surface area contributed by atoms with Gasteiger partial charge in [-0.3, -0.25) is 4.72 Å². The van der Waals surface area contributed by atoms with Crippen LogP contribution >= 0.6 is 0 Å². The highest BCUT2D eigenvalue weighted by molar-refractivity contribution is 7.92.